The number of nitrogens with zero attached hydrogens (tertiary/aromatic N) is 1. The number of rotatable bonds is 6. The molecule has 0 saturated carbocycles. The van der Waals surface area contributed by atoms with E-state index in [1.165, 1.54) is 6.07 Å². The summed E-state index contributed by atoms with van der Waals surface area (Å²) in [7, 11) is 1.63. The van der Waals surface area contributed by atoms with Crippen LogP contribution in [-0.4, -0.2) is 36.9 Å². The molecule has 1 saturated heterocycles. The highest BCUT2D eigenvalue weighted by Gasteiger charge is 2.45. The van der Waals surface area contributed by atoms with E-state index < -0.39 is 5.41 Å². The van der Waals surface area contributed by atoms with Crippen LogP contribution in [0.25, 0.3) is 11.1 Å². The van der Waals surface area contributed by atoms with Crippen LogP contribution in [0.15, 0.2) is 48.5 Å². The normalized spacial score (nSPS) is 18.9. The second-order valence-electron chi connectivity index (χ2n) is 7.49. The van der Waals surface area contributed by atoms with Gasteiger partial charge in [0.2, 0.25) is 11.8 Å². The molecule has 5 heteroatoms. The van der Waals surface area contributed by atoms with Crippen LogP contribution >= 0.6 is 0 Å². The van der Waals surface area contributed by atoms with E-state index in [4.69, 9.17) is 0 Å². The van der Waals surface area contributed by atoms with Gasteiger partial charge in [-0.05, 0) is 36.5 Å². The van der Waals surface area contributed by atoms with Crippen molar-refractivity contribution in [3.8, 4) is 11.1 Å². The number of hydrogen-bond donors (Lipinski definition) is 1. The number of amides is 2. The van der Waals surface area contributed by atoms with Crippen LogP contribution in [0.1, 0.15) is 31.7 Å². The zero-order valence-electron chi connectivity index (χ0n) is 16.5. The van der Waals surface area contributed by atoms with Gasteiger partial charge >= 0.3 is 0 Å². The molecule has 148 valence electrons. The zero-order chi connectivity index (χ0) is 20.1. The average Bonchev–Trinajstić information content (AvgIpc) is 3.14. The Kier molecular flexibility index (Phi) is 6.12. The Bertz CT molecular complexity index is 867. The topological polar surface area (TPSA) is 49.4 Å². The Morgan fingerprint density at radius 1 is 1.11 bits per heavy atom. The first-order chi connectivity index (χ1) is 13.5. The lowest BCUT2D eigenvalue weighted by Crippen LogP contribution is -2.44. The Balaban J connectivity index is 1.95. The quantitative estimate of drug-likeness (QED) is 0.826. The summed E-state index contributed by atoms with van der Waals surface area (Å²) >= 11 is 0. The third-order valence-corrected chi connectivity index (χ3v) is 5.59. The van der Waals surface area contributed by atoms with E-state index in [-0.39, 0.29) is 17.6 Å². The first kappa shape index (κ1) is 20.1. The van der Waals surface area contributed by atoms with Gasteiger partial charge in [0, 0.05) is 32.1 Å². The van der Waals surface area contributed by atoms with Crippen LogP contribution in [0.4, 0.5) is 4.39 Å². The highest BCUT2D eigenvalue weighted by atomic mass is 19.1. The molecule has 3 rings (SSSR count). The van der Waals surface area contributed by atoms with Gasteiger partial charge in [0.1, 0.15) is 5.82 Å². The van der Waals surface area contributed by atoms with Gasteiger partial charge in [0.15, 0.2) is 0 Å². The average molecular weight is 382 g/mol. The summed E-state index contributed by atoms with van der Waals surface area (Å²) in [5, 5.41) is 2.78. The molecule has 0 radical (unpaired) electrons. The number of carbonyl (C=O) groups is 2. The number of hydrogen-bond acceptors (Lipinski definition) is 2. The van der Waals surface area contributed by atoms with Crippen LogP contribution in [0, 0.1) is 11.2 Å². The highest BCUT2D eigenvalue weighted by molar-refractivity contribution is 5.86. The van der Waals surface area contributed by atoms with Gasteiger partial charge in [-0.1, -0.05) is 49.4 Å². The molecule has 0 unspecified atom stereocenters. The lowest BCUT2D eigenvalue weighted by Gasteiger charge is -2.28. The van der Waals surface area contributed by atoms with Crippen LogP contribution in [-0.2, 0) is 16.0 Å². The molecule has 2 amide bonds. The van der Waals surface area contributed by atoms with Crippen molar-refractivity contribution in [1.82, 2.24) is 10.2 Å². The lowest BCUT2D eigenvalue weighted by atomic mass is 9.78. The number of benzene rings is 2. The SMILES string of the molecule is CCCC(=O)N1CC[C@@](Cc2ccccc2-c2ccccc2F)(C(=O)NC)C1. The molecule has 0 aromatic heterocycles. The maximum Gasteiger partial charge on any atom is 0.228 e. The highest BCUT2D eigenvalue weighted by Crippen LogP contribution is 2.38. The monoisotopic (exact) mass is 382 g/mol. The molecule has 2 aromatic rings. The number of likely N-dealkylation sites (tertiary alicyclic amines) is 1. The lowest BCUT2D eigenvalue weighted by molar-refractivity contribution is -0.133. The molecular weight excluding hydrogens is 355 g/mol. The second kappa shape index (κ2) is 8.55. The molecule has 1 fully saturated rings. The van der Waals surface area contributed by atoms with Gasteiger partial charge < -0.3 is 10.2 Å². The van der Waals surface area contributed by atoms with E-state index in [0.717, 1.165) is 17.5 Å². The van der Waals surface area contributed by atoms with Crippen molar-refractivity contribution < 1.29 is 14.0 Å². The number of halogens is 1. The van der Waals surface area contributed by atoms with Gasteiger partial charge in [-0.15, -0.1) is 0 Å². The Hall–Kier alpha value is -2.69. The summed E-state index contributed by atoms with van der Waals surface area (Å²) in [6, 6.07) is 14.3. The minimum absolute atomic E-state index is 0.0670. The smallest absolute Gasteiger partial charge is 0.228 e. The van der Waals surface area contributed by atoms with Crippen LogP contribution in [0.5, 0.6) is 0 Å². The molecule has 1 aliphatic heterocycles. The summed E-state index contributed by atoms with van der Waals surface area (Å²) in [5.74, 6) is -0.256. The molecule has 0 aliphatic carbocycles. The van der Waals surface area contributed by atoms with Crippen molar-refractivity contribution in [3.05, 3.63) is 59.9 Å². The van der Waals surface area contributed by atoms with Crippen molar-refractivity contribution in [2.45, 2.75) is 32.6 Å². The number of carbonyl (C=O) groups excluding carboxylic acids is 2. The van der Waals surface area contributed by atoms with Gasteiger partial charge in [-0.25, -0.2) is 4.39 Å². The summed E-state index contributed by atoms with van der Waals surface area (Å²) < 4.78 is 14.4. The van der Waals surface area contributed by atoms with Gasteiger partial charge in [0.25, 0.3) is 0 Å². The van der Waals surface area contributed by atoms with E-state index >= 15 is 0 Å². The van der Waals surface area contributed by atoms with Crippen molar-refractivity contribution in [3.63, 3.8) is 0 Å². The van der Waals surface area contributed by atoms with Crippen molar-refractivity contribution in [1.29, 1.82) is 0 Å². The maximum atomic E-state index is 14.4. The predicted octanol–water partition coefficient (Wildman–Crippen LogP) is 3.80. The van der Waals surface area contributed by atoms with Crippen molar-refractivity contribution in [2.24, 2.45) is 5.41 Å². The minimum atomic E-state index is -0.695. The molecule has 1 N–H and O–H groups in total. The third kappa shape index (κ3) is 3.93. The Labute approximate surface area is 165 Å². The van der Waals surface area contributed by atoms with Gasteiger partial charge in [-0.3, -0.25) is 9.59 Å². The first-order valence-electron chi connectivity index (χ1n) is 9.83. The van der Waals surface area contributed by atoms with E-state index in [2.05, 4.69) is 5.32 Å². The molecule has 1 atom stereocenters. The Morgan fingerprint density at radius 2 is 1.79 bits per heavy atom. The van der Waals surface area contributed by atoms with E-state index in [9.17, 15) is 14.0 Å². The summed E-state index contributed by atoms with van der Waals surface area (Å²) in [6.45, 7) is 2.95. The largest absolute Gasteiger partial charge is 0.359 e. The van der Waals surface area contributed by atoms with Crippen LogP contribution in [0.3, 0.4) is 0 Å². The predicted molar refractivity (Wildman–Crippen MR) is 108 cm³/mol. The first-order valence-corrected chi connectivity index (χ1v) is 9.83. The fourth-order valence-electron chi connectivity index (χ4n) is 4.11. The summed E-state index contributed by atoms with van der Waals surface area (Å²) in [4.78, 5) is 27.0. The molecule has 2 aromatic carbocycles. The van der Waals surface area contributed by atoms with E-state index in [1.54, 1.807) is 24.1 Å². The molecule has 0 bridgehead atoms. The van der Waals surface area contributed by atoms with Crippen molar-refractivity contribution in [2.75, 3.05) is 20.1 Å². The molecule has 28 heavy (non-hydrogen) atoms. The molecule has 1 heterocycles. The second-order valence-corrected chi connectivity index (χ2v) is 7.49. The standard InChI is InChI=1S/C23H27FN2O2/c1-3-8-21(27)26-14-13-23(16-26,22(28)25-2)15-17-9-4-5-10-18(17)19-11-6-7-12-20(19)24/h4-7,9-12H,3,8,13-16H2,1-2H3,(H,25,28)/t23-/m0/s1. The number of nitrogens with one attached hydrogen (secondary N) is 1. The van der Waals surface area contributed by atoms with Crippen molar-refractivity contribution >= 4 is 11.8 Å². The molecule has 4 nitrogen and oxygen atoms in total. The fraction of sp³-hybridized carbons (Fsp3) is 0.391. The van der Waals surface area contributed by atoms with Gasteiger partial charge in [-0.2, -0.15) is 0 Å². The summed E-state index contributed by atoms with van der Waals surface area (Å²) in [6.07, 6.45) is 2.36. The minimum Gasteiger partial charge on any atom is -0.359 e. The Morgan fingerprint density at radius 3 is 2.46 bits per heavy atom. The van der Waals surface area contributed by atoms with Crippen LogP contribution in [0.2, 0.25) is 0 Å². The van der Waals surface area contributed by atoms with Gasteiger partial charge in [0.05, 0.1) is 5.41 Å². The third-order valence-electron chi connectivity index (χ3n) is 5.59. The zero-order valence-corrected chi connectivity index (χ0v) is 16.5. The molecule has 1 aliphatic rings. The molecule has 0 spiro atoms. The maximum absolute atomic E-state index is 14.4. The fourth-order valence-corrected chi connectivity index (χ4v) is 4.11. The summed E-state index contributed by atoms with van der Waals surface area (Å²) in [5.41, 5.74) is 1.55. The van der Waals surface area contributed by atoms with E-state index in [1.807, 2.05) is 37.3 Å². The van der Waals surface area contributed by atoms with E-state index in [0.29, 0.717) is 37.9 Å². The molecular formula is C23H27FN2O2. The van der Waals surface area contributed by atoms with Crippen LogP contribution < -0.4 is 5.32 Å².